The van der Waals surface area contributed by atoms with Gasteiger partial charge in [0.1, 0.15) is 5.75 Å². The lowest BCUT2D eigenvalue weighted by atomic mass is 9.82. The van der Waals surface area contributed by atoms with Crippen LogP contribution in [0.5, 0.6) is 5.75 Å². The molecule has 0 spiro atoms. The molecular weight excluding hydrogens is 192 g/mol. The molecule has 0 aliphatic heterocycles. The van der Waals surface area contributed by atoms with Gasteiger partial charge in [-0.3, -0.25) is 4.79 Å². The van der Waals surface area contributed by atoms with E-state index in [1.54, 1.807) is 12.1 Å². The zero-order chi connectivity index (χ0) is 10.8. The number of ether oxygens (including phenoxy) is 1. The third kappa shape index (κ3) is 1.69. The van der Waals surface area contributed by atoms with Gasteiger partial charge in [-0.25, -0.2) is 0 Å². The fraction of sp³-hybridized carbons (Fsp3) is 0.417. The van der Waals surface area contributed by atoms with Crippen LogP contribution in [-0.4, -0.2) is 18.2 Å². The van der Waals surface area contributed by atoms with E-state index in [1.165, 1.54) is 7.11 Å². The maximum absolute atomic E-state index is 11.5. The van der Waals surface area contributed by atoms with E-state index < -0.39 is 0 Å². The van der Waals surface area contributed by atoms with Crippen molar-refractivity contribution in [1.82, 2.24) is 0 Å². The summed E-state index contributed by atoms with van der Waals surface area (Å²) in [7, 11) is 1.40. The molecule has 0 bridgehead atoms. The summed E-state index contributed by atoms with van der Waals surface area (Å²) in [5, 5.41) is 9.68. The smallest absolute Gasteiger partial charge is 0.313 e. The number of fused-ring (bicyclic) bond motifs is 1. The third-order valence-corrected chi connectivity index (χ3v) is 2.97. The Bertz CT molecular complexity index is 384. The number of phenolic OH excluding ortho intramolecular Hbond substituents is 1. The van der Waals surface area contributed by atoms with E-state index in [1.807, 2.05) is 6.07 Å². The Hall–Kier alpha value is -1.51. The van der Waals surface area contributed by atoms with E-state index in [9.17, 15) is 9.90 Å². The molecule has 80 valence electrons. The molecule has 0 saturated heterocycles. The van der Waals surface area contributed by atoms with Gasteiger partial charge in [-0.05, 0) is 36.5 Å². The maximum atomic E-state index is 11.5. The molecule has 2 rings (SSSR count). The normalized spacial score (nSPS) is 19.4. The molecule has 3 heteroatoms. The number of carbonyl (C=O) groups is 1. The maximum Gasteiger partial charge on any atom is 0.313 e. The molecule has 1 aliphatic rings. The molecule has 0 fully saturated rings. The Morgan fingerprint density at radius 2 is 2.33 bits per heavy atom. The Labute approximate surface area is 88.7 Å². The minimum absolute atomic E-state index is 0.203. The zero-order valence-corrected chi connectivity index (χ0v) is 8.69. The van der Waals surface area contributed by atoms with Gasteiger partial charge in [-0.15, -0.1) is 0 Å². The van der Waals surface area contributed by atoms with Gasteiger partial charge in [0.15, 0.2) is 0 Å². The van der Waals surface area contributed by atoms with Gasteiger partial charge in [0.05, 0.1) is 13.0 Å². The van der Waals surface area contributed by atoms with Crippen molar-refractivity contribution in [3.8, 4) is 5.75 Å². The van der Waals surface area contributed by atoms with E-state index in [2.05, 4.69) is 0 Å². The van der Waals surface area contributed by atoms with Crippen molar-refractivity contribution in [2.24, 2.45) is 0 Å². The monoisotopic (exact) mass is 206 g/mol. The van der Waals surface area contributed by atoms with Gasteiger partial charge < -0.3 is 9.84 Å². The topological polar surface area (TPSA) is 46.5 Å². The number of aromatic hydroxyl groups is 1. The van der Waals surface area contributed by atoms with Crippen LogP contribution < -0.4 is 0 Å². The summed E-state index contributed by atoms with van der Waals surface area (Å²) >= 11 is 0. The van der Waals surface area contributed by atoms with Crippen LogP contribution in [0.25, 0.3) is 0 Å². The predicted octanol–water partition coefficient (Wildman–Crippen LogP) is 1.99. The van der Waals surface area contributed by atoms with Crippen molar-refractivity contribution in [3.63, 3.8) is 0 Å². The standard InChI is InChI=1S/C12H14O3/c1-15-12(14)10-6-2-5-9-8(10)4-3-7-11(9)13/h3-4,7,10,13H,2,5-6H2,1H3. The molecule has 0 aromatic heterocycles. The Kier molecular flexibility index (Phi) is 2.62. The predicted molar refractivity (Wildman–Crippen MR) is 55.8 cm³/mol. The summed E-state index contributed by atoms with van der Waals surface area (Å²) in [6.45, 7) is 0. The quantitative estimate of drug-likeness (QED) is 0.715. The van der Waals surface area contributed by atoms with Crippen molar-refractivity contribution in [2.45, 2.75) is 25.2 Å². The summed E-state index contributed by atoms with van der Waals surface area (Å²) in [6, 6.07) is 5.34. The van der Waals surface area contributed by atoms with E-state index in [0.29, 0.717) is 5.75 Å². The second-order valence-corrected chi connectivity index (χ2v) is 3.81. The molecule has 0 radical (unpaired) electrons. The highest BCUT2D eigenvalue weighted by Crippen LogP contribution is 2.36. The molecule has 1 atom stereocenters. The lowest BCUT2D eigenvalue weighted by Gasteiger charge is -2.23. The van der Waals surface area contributed by atoms with E-state index in [-0.39, 0.29) is 11.9 Å². The number of hydrogen-bond acceptors (Lipinski definition) is 3. The van der Waals surface area contributed by atoms with Crippen LogP contribution in [0.3, 0.4) is 0 Å². The number of carbonyl (C=O) groups excluding carboxylic acids is 1. The number of hydrogen-bond donors (Lipinski definition) is 1. The lowest BCUT2D eigenvalue weighted by molar-refractivity contribution is -0.142. The summed E-state index contributed by atoms with van der Waals surface area (Å²) in [4.78, 5) is 11.5. The van der Waals surface area contributed by atoms with E-state index in [0.717, 1.165) is 30.4 Å². The van der Waals surface area contributed by atoms with Crippen LogP contribution in [0.15, 0.2) is 18.2 Å². The summed E-state index contributed by atoms with van der Waals surface area (Å²) < 4.78 is 4.77. The first-order valence-corrected chi connectivity index (χ1v) is 5.12. The molecule has 1 unspecified atom stereocenters. The van der Waals surface area contributed by atoms with Crippen LogP contribution in [0.4, 0.5) is 0 Å². The van der Waals surface area contributed by atoms with Crippen molar-refractivity contribution < 1.29 is 14.6 Å². The average molecular weight is 206 g/mol. The van der Waals surface area contributed by atoms with Crippen molar-refractivity contribution in [3.05, 3.63) is 29.3 Å². The second kappa shape index (κ2) is 3.93. The van der Waals surface area contributed by atoms with Crippen molar-refractivity contribution in [1.29, 1.82) is 0 Å². The molecular formula is C12H14O3. The molecule has 1 aliphatic carbocycles. The number of phenols is 1. The fourth-order valence-corrected chi connectivity index (χ4v) is 2.22. The highest BCUT2D eigenvalue weighted by atomic mass is 16.5. The minimum atomic E-state index is -0.207. The first kappa shape index (κ1) is 10.0. The van der Waals surface area contributed by atoms with Crippen LogP contribution in [0, 0.1) is 0 Å². The molecule has 0 heterocycles. The molecule has 3 nitrogen and oxygen atoms in total. The summed E-state index contributed by atoms with van der Waals surface area (Å²) in [6.07, 6.45) is 2.57. The molecule has 0 amide bonds. The van der Waals surface area contributed by atoms with E-state index in [4.69, 9.17) is 4.74 Å². The third-order valence-electron chi connectivity index (χ3n) is 2.97. The summed E-state index contributed by atoms with van der Waals surface area (Å²) in [5.41, 5.74) is 1.83. The van der Waals surface area contributed by atoms with Gasteiger partial charge in [0.2, 0.25) is 0 Å². The first-order valence-electron chi connectivity index (χ1n) is 5.12. The highest BCUT2D eigenvalue weighted by Gasteiger charge is 2.28. The zero-order valence-electron chi connectivity index (χ0n) is 8.69. The molecule has 0 saturated carbocycles. The highest BCUT2D eigenvalue weighted by molar-refractivity contribution is 5.79. The number of esters is 1. The van der Waals surface area contributed by atoms with Crippen LogP contribution >= 0.6 is 0 Å². The fourth-order valence-electron chi connectivity index (χ4n) is 2.22. The number of rotatable bonds is 1. The minimum Gasteiger partial charge on any atom is -0.508 e. The largest absolute Gasteiger partial charge is 0.508 e. The van der Waals surface area contributed by atoms with Crippen LogP contribution in [0.2, 0.25) is 0 Å². The summed E-state index contributed by atoms with van der Waals surface area (Å²) in [5.74, 6) is -0.117. The number of methoxy groups -OCH3 is 1. The lowest BCUT2D eigenvalue weighted by Crippen LogP contribution is -2.19. The average Bonchev–Trinajstić information content (AvgIpc) is 2.28. The Morgan fingerprint density at radius 3 is 3.07 bits per heavy atom. The van der Waals surface area contributed by atoms with E-state index >= 15 is 0 Å². The van der Waals surface area contributed by atoms with Gasteiger partial charge in [0, 0.05) is 0 Å². The number of benzene rings is 1. The van der Waals surface area contributed by atoms with Gasteiger partial charge >= 0.3 is 5.97 Å². The van der Waals surface area contributed by atoms with Crippen molar-refractivity contribution >= 4 is 5.97 Å². The second-order valence-electron chi connectivity index (χ2n) is 3.81. The molecule has 1 aromatic carbocycles. The van der Waals surface area contributed by atoms with Gasteiger partial charge in [-0.1, -0.05) is 12.1 Å². The first-order chi connectivity index (χ1) is 7.24. The van der Waals surface area contributed by atoms with Crippen molar-refractivity contribution in [2.75, 3.05) is 7.11 Å². The van der Waals surface area contributed by atoms with Gasteiger partial charge in [0.25, 0.3) is 0 Å². The Morgan fingerprint density at radius 1 is 1.53 bits per heavy atom. The van der Waals surface area contributed by atoms with Crippen LogP contribution in [-0.2, 0) is 16.0 Å². The molecule has 15 heavy (non-hydrogen) atoms. The molecule has 1 N–H and O–H groups in total. The van der Waals surface area contributed by atoms with Gasteiger partial charge in [-0.2, -0.15) is 0 Å². The molecule has 1 aromatic rings. The SMILES string of the molecule is COC(=O)C1CCCc2c(O)cccc21. The van der Waals surface area contributed by atoms with Crippen LogP contribution in [0.1, 0.15) is 29.9 Å². The Balaban J connectivity index is 2.42.